The van der Waals surface area contributed by atoms with Crippen LogP contribution < -0.4 is 33.2 Å². The van der Waals surface area contributed by atoms with Crippen molar-refractivity contribution < 1.29 is 39.3 Å². The van der Waals surface area contributed by atoms with E-state index >= 15 is 0 Å². The average molecular weight is 490 g/mol. The minimum atomic E-state index is -1.63. The zero-order valence-corrected chi connectivity index (χ0v) is 19.4. The van der Waals surface area contributed by atoms with E-state index in [0.29, 0.717) is 0 Å². The highest BCUT2D eigenvalue weighted by Gasteiger charge is 2.32. The number of aliphatic carboxylic acids is 2. The molecule has 0 bridgehead atoms. The van der Waals surface area contributed by atoms with Crippen LogP contribution in [0.4, 0.5) is 0 Å². The number of carbonyl (C=O) groups excluding carboxylic acids is 3. The summed E-state index contributed by atoms with van der Waals surface area (Å²) < 4.78 is 0. The van der Waals surface area contributed by atoms with Crippen molar-refractivity contribution in [1.29, 1.82) is 0 Å². The molecular formula is C19H35N7O8. The SMILES string of the molecule is CC(C)C(NC(=O)C(CC(=O)O)NC(=O)C(CCCN=C(N)N)NC(=O)C(N)C(C)O)C(=O)O. The molecule has 0 spiro atoms. The molecule has 3 amide bonds. The molecule has 0 aromatic heterocycles. The number of nitrogens with zero attached hydrogens (tertiary/aromatic N) is 1. The average Bonchev–Trinajstić information content (AvgIpc) is 2.71. The summed E-state index contributed by atoms with van der Waals surface area (Å²) in [5.74, 6) is -6.27. The predicted molar refractivity (Wildman–Crippen MR) is 120 cm³/mol. The molecule has 194 valence electrons. The maximum atomic E-state index is 12.8. The second-order valence-electron chi connectivity index (χ2n) is 8.00. The first-order valence-electron chi connectivity index (χ1n) is 10.5. The van der Waals surface area contributed by atoms with E-state index in [4.69, 9.17) is 22.3 Å². The third-order valence-corrected chi connectivity index (χ3v) is 4.64. The Morgan fingerprint density at radius 1 is 0.882 bits per heavy atom. The molecule has 15 heteroatoms. The summed E-state index contributed by atoms with van der Waals surface area (Å²) in [6.45, 7) is 4.46. The van der Waals surface area contributed by atoms with Crippen LogP contribution in [0.3, 0.4) is 0 Å². The normalized spacial score (nSPS) is 15.2. The number of carboxylic acids is 2. The third kappa shape index (κ3) is 11.4. The Morgan fingerprint density at radius 2 is 1.41 bits per heavy atom. The molecule has 15 nitrogen and oxygen atoms in total. The topological polar surface area (TPSA) is 273 Å². The van der Waals surface area contributed by atoms with Crippen LogP contribution in [0.1, 0.15) is 40.0 Å². The van der Waals surface area contributed by atoms with Crippen molar-refractivity contribution in [2.24, 2.45) is 28.1 Å². The third-order valence-electron chi connectivity index (χ3n) is 4.64. The number of carboxylic acid groups (broad SMARTS) is 2. The minimum Gasteiger partial charge on any atom is -0.481 e. The number of rotatable bonds is 15. The number of aliphatic imine (C=N–C) groups is 1. The van der Waals surface area contributed by atoms with Crippen LogP contribution in [-0.2, 0) is 24.0 Å². The fourth-order valence-electron chi connectivity index (χ4n) is 2.68. The van der Waals surface area contributed by atoms with Crippen molar-refractivity contribution in [2.75, 3.05) is 6.54 Å². The van der Waals surface area contributed by atoms with Crippen LogP contribution in [0.5, 0.6) is 0 Å². The van der Waals surface area contributed by atoms with Gasteiger partial charge in [0, 0.05) is 6.54 Å². The van der Waals surface area contributed by atoms with Crippen LogP contribution >= 0.6 is 0 Å². The van der Waals surface area contributed by atoms with E-state index in [0.717, 1.165) is 0 Å². The van der Waals surface area contributed by atoms with Crippen molar-refractivity contribution in [3.63, 3.8) is 0 Å². The number of nitrogens with two attached hydrogens (primary N) is 3. The van der Waals surface area contributed by atoms with Crippen molar-refractivity contribution >= 4 is 35.6 Å². The fraction of sp³-hybridized carbons (Fsp3) is 0.684. The molecule has 0 saturated heterocycles. The first-order valence-corrected chi connectivity index (χ1v) is 10.5. The molecule has 0 saturated carbocycles. The highest BCUT2D eigenvalue weighted by molar-refractivity contribution is 5.95. The molecule has 0 fully saturated rings. The van der Waals surface area contributed by atoms with E-state index in [2.05, 4.69) is 20.9 Å². The van der Waals surface area contributed by atoms with Gasteiger partial charge in [-0.05, 0) is 25.7 Å². The lowest BCUT2D eigenvalue weighted by Gasteiger charge is -2.25. The van der Waals surface area contributed by atoms with Gasteiger partial charge >= 0.3 is 11.9 Å². The molecule has 0 aliphatic heterocycles. The van der Waals surface area contributed by atoms with E-state index in [1.165, 1.54) is 20.8 Å². The van der Waals surface area contributed by atoms with E-state index in [1.807, 2.05) is 0 Å². The van der Waals surface area contributed by atoms with Crippen LogP contribution in [0.15, 0.2) is 4.99 Å². The summed E-state index contributed by atoms with van der Waals surface area (Å²) in [6.07, 6.45) is -1.87. The van der Waals surface area contributed by atoms with Gasteiger partial charge in [0.15, 0.2) is 5.96 Å². The van der Waals surface area contributed by atoms with Gasteiger partial charge in [-0.3, -0.25) is 24.2 Å². The van der Waals surface area contributed by atoms with Gasteiger partial charge in [0.2, 0.25) is 17.7 Å². The van der Waals surface area contributed by atoms with Crippen LogP contribution in [0, 0.1) is 5.92 Å². The summed E-state index contributed by atoms with van der Waals surface area (Å²) in [5, 5.41) is 34.7. The van der Waals surface area contributed by atoms with Crippen molar-refractivity contribution in [3.05, 3.63) is 0 Å². The first-order chi connectivity index (χ1) is 15.7. The van der Waals surface area contributed by atoms with Crippen LogP contribution in [-0.4, -0.2) is 87.8 Å². The fourth-order valence-corrected chi connectivity index (χ4v) is 2.68. The number of carbonyl (C=O) groups is 5. The monoisotopic (exact) mass is 489 g/mol. The number of hydrogen-bond acceptors (Lipinski definition) is 8. The number of amides is 3. The zero-order chi connectivity index (χ0) is 26.6. The van der Waals surface area contributed by atoms with Crippen molar-refractivity contribution in [2.45, 2.75) is 70.3 Å². The first kappa shape index (κ1) is 30.5. The van der Waals surface area contributed by atoms with E-state index in [-0.39, 0.29) is 25.3 Å². The predicted octanol–water partition coefficient (Wildman–Crippen LogP) is -3.58. The molecule has 0 aliphatic rings. The molecule has 12 N–H and O–H groups in total. The maximum Gasteiger partial charge on any atom is 0.326 e. The molecule has 0 aromatic rings. The summed E-state index contributed by atoms with van der Waals surface area (Å²) >= 11 is 0. The second kappa shape index (κ2) is 14.6. The summed E-state index contributed by atoms with van der Waals surface area (Å²) in [6, 6.07) is -5.59. The number of nitrogens with one attached hydrogen (secondary N) is 3. The lowest BCUT2D eigenvalue weighted by molar-refractivity contribution is -0.144. The van der Waals surface area contributed by atoms with Gasteiger partial charge < -0.3 is 48.5 Å². The molecular weight excluding hydrogens is 454 g/mol. The second-order valence-corrected chi connectivity index (χ2v) is 8.00. The molecule has 0 rings (SSSR count). The van der Waals surface area contributed by atoms with Crippen molar-refractivity contribution in [3.8, 4) is 0 Å². The van der Waals surface area contributed by atoms with Gasteiger partial charge in [-0.1, -0.05) is 13.8 Å². The number of guanidine groups is 1. The molecule has 0 radical (unpaired) electrons. The lowest BCUT2D eigenvalue weighted by Crippen LogP contribution is -2.58. The van der Waals surface area contributed by atoms with Gasteiger partial charge in [0.25, 0.3) is 0 Å². The van der Waals surface area contributed by atoms with Crippen molar-refractivity contribution in [1.82, 2.24) is 16.0 Å². The highest BCUT2D eigenvalue weighted by Crippen LogP contribution is 2.06. The molecule has 0 heterocycles. The molecule has 5 unspecified atom stereocenters. The van der Waals surface area contributed by atoms with Gasteiger partial charge in [-0.25, -0.2) is 4.79 Å². The van der Waals surface area contributed by atoms with Gasteiger partial charge in [-0.15, -0.1) is 0 Å². The summed E-state index contributed by atoms with van der Waals surface area (Å²) in [5.41, 5.74) is 16.1. The number of aliphatic hydroxyl groups excluding tert-OH is 1. The van der Waals surface area contributed by atoms with Crippen LogP contribution in [0.2, 0.25) is 0 Å². The van der Waals surface area contributed by atoms with Gasteiger partial charge in [0.1, 0.15) is 24.2 Å². The lowest BCUT2D eigenvalue weighted by atomic mass is 10.0. The molecule has 0 aliphatic carbocycles. The van der Waals surface area contributed by atoms with E-state index < -0.39 is 72.3 Å². The quantitative estimate of drug-likeness (QED) is 0.0616. The van der Waals surface area contributed by atoms with E-state index in [1.54, 1.807) is 0 Å². The Hall–Kier alpha value is -3.46. The number of aliphatic hydroxyl groups is 1. The Labute approximate surface area is 196 Å². The molecule has 0 aromatic carbocycles. The molecule has 5 atom stereocenters. The number of hydrogen-bond donors (Lipinski definition) is 9. The zero-order valence-electron chi connectivity index (χ0n) is 19.4. The smallest absolute Gasteiger partial charge is 0.326 e. The maximum absolute atomic E-state index is 12.8. The summed E-state index contributed by atoms with van der Waals surface area (Å²) in [4.78, 5) is 64.0. The molecule has 34 heavy (non-hydrogen) atoms. The van der Waals surface area contributed by atoms with Gasteiger partial charge in [-0.2, -0.15) is 0 Å². The summed E-state index contributed by atoms with van der Waals surface area (Å²) in [7, 11) is 0. The largest absolute Gasteiger partial charge is 0.481 e. The Kier molecular flexibility index (Phi) is 13.2. The highest BCUT2D eigenvalue weighted by atomic mass is 16.4. The Bertz CT molecular complexity index is 768. The van der Waals surface area contributed by atoms with E-state index in [9.17, 15) is 34.2 Å². The Morgan fingerprint density at radius 3 is 1.85 bits per heavy atom. The standard InChI is InChI=1S/C19H35N7O8/c1-8(2)14(18(33)34)26-16(31)11(7-12(28)29)25-15(30)10(5-4-6-23-19(21)22)24-17(32)13(20)9(3)27/h8-11,13-14,27H,4-7,20H2,1-3H3,(H,24,32)(H,25,30)(H,26,31)(H,28,29)(H,33,34)(H4,21,22,23). The minimum absolute atomic E-state index is 0.0218. The Balaban J connectivity index is 5.62. The van der Waals surface area contributed by atoms with Gasteiger partial charge in [0.05, 0.1) is 12.5 Å². The van der Waals surface area contributed by atoms with Crippen LogP contribution in [0.25, 0.3) is 0 Å².